The molecule has 5 heteroatoms. The van der Waals surface area contributed by atoms with Gasteiger partial charge >= 0.3 is 11.9 Å². The molecule has 1 saturated carbocycles. The summed E-state index contributed by atoms with van der Waals surface area (Å²) in [6.45, 7) is 8.79. The molecule has 37 heavy (non-hydrogen) atoms. The van der Waals surface area contributed by atoms with E-state index in [0.29, 0.717) is 13.0 Å². The van der Waals surface area contributed by atoms with E-state index in [2.05, 4.69) is 55.1 Å². The number of rotatable bonds is 7. The number of para-hydroxylation sites is 1. The van der Waals surface area contributed by atoms with Crippen LogP contribution in [0.2, 0.25) is 0 Å². The molecule has 1 heterocycles. The van der Waals surface area contributed by atoms with Gasteiger partial charge in [-0.05, 0) is 55.9 Å². The maximum Gasteiger partial charge on any atom is 0.325 e. The van der Waals surface area contributed by atoms with Crippen molar-refractivity contribution >= 4 is 17.6 Å². The van der Waals surface area contributed by atoms with Crippen molar-refractivity contribution in [3.63, 3.8) is 0 Å². The number of ether oxygens (including phenoxy) is 2. The van der Waals surface area contributed by atoms with Crippen LogP contribution in [-0.2, 0) is 31.0 Å². The molecule has 1 aliphatic carbocycles. The van der Waals surface area contributed by atoms with E-state index >= 15 is 0 Å². The summed E-state index contributed by atoms with van der Waals surface area (Å²) < 4.78 is 11.5. The van der Waals surface area contributed by atoms with Crippen molar-refractivity contribution in [2.45, 2.75) is 57.5 Å². The molecule has 0 aromatic heterocycles. The van der Waals surface area contributed by atoms with Crippen LogP contribution in [0.3, 0.4) is 0 Å². The van der Waals surface area contributed by atoms with Gasteiger partial charge in [0.25, 0.3) is 0 Å². The van der Waals surface area contributed by atoms with Crippen LogP contribution in [0.15, 0.2) is 84.9 Å². The van der Waals surface area contributed by atoms with E-state index in [1.165, 1.54) is 0 Å². The Morgan fingerprint density at radius 1 is 0.811 bits per heavy atom. The summed E-state index contributed by atoms with van der Waals surface area (Å²) in [4.78, 5) is 30.6. The Balaban J connectivity index is 1.83. The van der Waals surface area contributed by atoms with Gasteiger partial charge in [-0.3, -0.25) is 9.59 Å². The molecule has 3 atom stereocenters. The molecule has 0 spiro atoms. The summed E-state index contributed by atoms with van der Waals surface area (Å²) in [6.07, 6.45) is 0.307. The first-order valence-corrected chi connectivity index (χ1v) is 13.2. The fraction of sp³-hybridized carbons (Fsp3) is 0.375. The third-order valence-electron chi connectivity index (χ3n) is 8.98. The average Bonchev–Trinajstić information content (AvgIpc) is 3.25. The molecule has 192 valence electrons. The van der Waals surface area contributed by atoms with Crippen molar-refractivity contribution in [2.75, 3.05) is 18.1 Å². The van der Waals surface area contributed by atoms with Crippen molar-refractivity contribution in [2.24, 2.45) is 5.41 Å². The number of carbonyl (C=O) groups is 2. The van der Waals surface area contributed by atoms with Gasteiger partial charge in [-0.1, -0.05) is 85.8 Å². The summed E-state index contributed by atoms with van der Waals surface area (Å²) in [5, 5.41) is 0. The highest BCUT2D eigenvalue weighted by Gasteiger charge is 2.80. The largest absolute Gasteiger partial charge is 0.465 e. The first-order valence-electron chi connectivity index (χ1n) is 13.2. The quantitative estimate of drug-likeness (QED) is 0.295. The van der Waals surface area contributed by atoms with Crippen molar-refractivity contribution in [3.05, 3.63) is 102 Å². The molecule has 3 aromatic carbocycles. The number of carbonyl (C=O) groups excluding carboxylic acids is 2. The highest BCUT2D eigenvalue weighted by Crippen LogP contribution is 2.72. The number of esters is 2. The Bertz CT molecular complexity index is 1270. The van der Waals surface area contributed by atoms with Crippen LogP contribution >= 0.6 is 0 Å². The summed E-state index contributed by atoms with van der Waals surface area (Å²) in [6, 6.07) is 28.8. The lowest BCUT2D eigenvalue weighted by Gasteiger charge is -2.50. The normalized spacial score (nSPS) is 25.3. The van der Waals surface area contributed by atoms with Crippen LogP contribution in [-0.4, -0.2) is 30.7 Å². The van der Waals surface area contributed by atoms with Gasteiger partial charge in [0.1, 0.15) is 0 Å². The fourth-order valence-corrected chi connectivity index (χ4v) is 7.14. The number of fused-ring (bicyclic) bond motifs is 3. The minimum atomic E-state index is -1.53. The maximum atomic E-state index is 14.1. The average molecular weight is 498 g/mol. The SMILES string of the molecule is CCOC(=O)C1(C(=O)OCC)C[C@H](c2ccccc2)[C@@]2(C)c3ccccc3N(Cc3ccccc3)[C@@]12C. The number of benzene rings is 3. The number of hydrogen-bond acceptors (Lipinski definition) is 5. The predicted octanol–water partition coefficient (Wildman–Crippen LogP) is 6.02. The highest BCUT2D eigenvalue weighted by atomic mass is 16.6. The molecule has 0 saturated heterocycles. The second-order valence-corrected chi connectivity index (χ2v) is 10.4. The second-order valence-electron chi connectivity index (χ2n) is 10.4. The zero-order chi connectivity index (χ0) is 26.3. The molecule has 0 unspecified atom stereocenters. The van der Waals surface area contributed by atoms with Crippen molar-refractivity contribution in [1.82, 2.24) is 0 Å². The number of anilines is 1. The van der Waals surface area contributed by atoms with E-state index in [-0.39, 0.29) is 19.1 Å². The molecule has 5 nitrogen and oxygen atoms in total. The molecule has 0 radical (unpaired) electrons. The van der Waals surface area contributed by atoms with Crippen LogP contribution < -0.4 is 4.90 Å². The minimum absolute atomic E-state index is 0.116. The van der Waals surface area contributed by atoms with Crippen molar-refractivity contribution < 1.29 is 19.1 Å². The predicted molar refractivity (Wildman–Crippen MR) is 144 cm³/mol. The number of hydrogen-bond donors (Lipinski definition) is 0. The molecule has 3 aromatic rings. The first kappa shape index (κ1) is 25.1. The van der Waals surface area contributed by atoms with Gasteiger partial charge in [0.15, 0.2) is 5.41 Å². The molecular formula is C32H35NO4. The van der Waals surface area contributed by atoms with Crippen LogP contribution in [0.5, 0.6) is 0 Å². The Morgan fingerprint density at radius 3 is 1.95 bits per heavy atom. The highest BCUT2D eigenvalue weighted by molar-refractivity contribution is 6.05. The Labute approximate surface area is 219 Å². The van der Waals surface area contributed by atoms with E-state index in [4.69, 9.17) is 9.47 Å². The Kier molecular flexibility index (Phi) is 6.35. The van der Waals surface area contributed by atoms with Gasteiger partial charge < -0.3 is 14.4 Å². The van der Waals surface area contributed by atoms with Gasteiger partial charge in [0.2, 0.25) is 0 Å². The van der Waals surface area contributed by atoms with Crippen LogP contribution in [0, 0.1) is 5.41 Å². The van der Waals surface area contributed by atoms with Crippen LogP contribution in [0.4, 0.5) is 5.69 Å². The smallest absolute Gasteiger partial charge is 0.325 e. The number of nitrogens with zero attached hydrogens (tertiary/aromatic N) is 1. The van der Waals surface area contributed by atoms with Gasteiger partial charge in [-0.25, -0.2) is 0 Å². The van der Waals surface area contributed by atoms with Gasteiger partial charge in [0, 0.05) is 17.6 Å². The lowest BCUT2D eigenvalue weighted by molar-refractivity contribution is -0.176. The lowest BCUT2D eigenvalue weighted by Crippen LogP contribution is -2.66. The van der Waals surface area contributed by atoms with E-state index in [9.17, 15) is 9.59 Å². The van der Waals surface area contributed by atoms with E-state index in [0.717, 1.165) is 22.4 Å². The van der Waals surface area contributed by atoms with E-state index in [1.54, 1.807) is 13.8 Å². The third-order valence-corrected chi connectivity index (χ3v) is 8.98. The molecule has 5 rings (SSSR count). The Morgan fingerprint density at radius 2 is 1.35 bits per heavy atom. The van der Waals surface area contributed by atoms with Crippen molar-refractivity contribution in [3.8, 4) is 0 Å². The minimum Gasteiger partial charge on any atom is -0.465 e. The topological polar surface area (TPSA) is 55.8 Å². The fourth-order valence-electron chi connectivity index (χ4n) is 7.14. The molecular weight excluding hydrogens is 462 g/mol. The van der Waals surface area contributed by atoms with Crippen LogP contribution in [0.1, 0.15) is 56.7 Å². The van der Waals surface area contributed by atoms with Gasteiger partial charge in [-0.15, -0.1) is 0 Å². The Hall–Kier alpha value is -3.60. The summed E-state index contributed by atoms with van der Waals surface area (Å²) in [7, 11) is 0. The molecule has 2 aliphatic rings. The maximum absolute atomic E-state index is 14.1. The lowest BCUT2D eigenvalue weighted by atomic mass is 9.60. The zero-order valence-electron chi connectivity index (χ0n) is 22.1. The monoisotopic (exact) mass is 497 g/mol. The van der Waals surface area contributed by atoms with Gasteiger partial charge in [-0.2, -0.15) is 0 Å². The van der Waals surface area contributed by atoms with Gasteiger partial charge in [0.05, 0.1) is 18.8 Å². The molecule has 0 N–H and O–H groups in total. The zero-order valence-corrected chi connectivity index (χ0v) is 22.1. The molecule has 0 amide bonds. The third kappa shape index (κ3) is 3.36. The second kappa shape index (κ2) is 9.37. The van der Waals surface area contributed by atoms with Crippen LogP contribution in [0.25, 0.3) is 0 Å². The summed E-state index contributed by atoms with van der Waals surface area (Å²) >= 11 is 0. The van der Waals surface area contributed by atoms with E-state index < -0.39 is 28.3 Å². The summed E-state index contributed by atoms with van der Waals surface area (Å²) in [5.41, 5.74) is 1.31. The molecule has 1 aliphatic heterocycles. The standard InChI is InChI=1S/C32H35NO4/c1-5-36-28(34)32(29(35)37-6-2)21-26(24-17-11-8-12-18-24)30(3)25-19-13-14-20-27(25)33(31(30,32)4)22-23-15-9-7-10-16-23/h7-20,26H,5-6,21-22H2,1-4H3/t26-,30-,31-/m1/s1. The molecule has 0 bridgehead atoms. The summed E-state index contributed by atoms with van der Waals surface area (Å²) in [5.74, 6) is -1.13. The first-order chi connectivity index (χ1) is 17.9. The molecule has 1 fully saturated rings. The van der Waals surface area contributed by atoms with Crippen molar-refractivity contribution in [1.29, 1.82) is 0 Å². The van der Waals surface area contributed by atoms with E-state index in [1.807, 2.05) is 48.5 Å².